The number of amidine groups is 1. The lowest BCUT2D eigenvalue weighted by Crippen LogP contribution is -2.23. The van der Waals surface area contributed by atoms with Gasteiger partial charge in [0.15, 0.2) is 5.84 Å². The van der Waals surface area contributed by atoms with E-state index in [1.165, 1.54) is 18.2 Å². The van der Waals surface area contributed by atoms with Crippen LogP contribution >= 0.6 is 11.6 Å². The summed E-state index contributed by atoms with van der Waals surface area (Å²) in [5, 5.41) is 9.21. The average molecular weight is 322 g/mol. The van der Waals surface area contributed by atoms with Gasteiger partial charge in [-0.15, -0.1) is 0 Å². The molecule has 0 amide bonds. The Balaban J connectivity index is 2.11. The summed E-state index contributed by atoms with van der Waals surface area (Å²) in [6.45, 7) is 0. The lowest BCUT2D eigenvalue weighted by molar-refractivity contribution is 0.234. The van der Waals surface area contributed by atoms with Gasteiger partial charge in [0.2, 0.25) is 0 Å². The standard InChI is InChI=1S/C15H10ClF2N3O/c16-10-7-8(1-2-11(10)17)20-15(21-22)14-9-5-6-19-13(9)4-3-12(14)18/h1-4,6-7,22H,5H2,(H,20,21). The van der Waals surface area contributed by atoms with Gasteiger partial charge in [-0.25, -0.2) is 13.8 Å². The third-order valence-electron chi connectivity index (χ3n) is 3.25. The van der Waals surface area contributed by atoms with Gasteiger partial charge in [0.05, 0.1) is 22.0 Å². The third-order valence-corrected chi connectivity index (χ3v) is 3.54. The summed E-state index contributed by atoms with van der Waals surface area (Å²) in [5.41, 5.74) is 3.53. The van der Waals surface area contributed by atoms with E-state index < -0.39 is 11.6 Å². The summed E-state index contributed by atoms with van der Waals surface area (Å²) in [5.74, 6) is -1.22. The number of hydrogen-bond acceptors (Lipinski definition) is 3. The number of nitrogens with one attached hydrogen (secondary N) is 1. The number of rotatable bonds is 2. The summed E-state index contributed by atoms with van der Waals surface area (Å²) in [4.78, 5) is 8.22. The number of halogens is 3. The summed E-state index contributed by atoms with van der Waals surface area (Å²) in [7, 11) is 0. The van der Waals surface area contributed by atoms with Crippen molar-refractivity contribution in [2.45, 2.75) is 6.42 Å². The first-order valence-corrected chi connectivity index (χ1v) is 6.76. The van der Waals surface area contributed by atoms with Gasteiger partial charge in [0.25, 0.3) is 0 Å². The number of hydroxylamine groups is 1. The summed E-state index contributed by atoms with van der Waals surface area (Å²) in [6.07, 6.45) is 2.09. The predicted octanol–water partition coefficient (Wildman–Crippen LogP) is 3.93. The van der Waals surface area contributed by atoms with Crippen LogP contribution in [-0.4, -0.2) is 17.3 Å². The number of fused-ring (bicyclic) bond motifs is 1. The molecule has 1 aliphatic rings. The highest BCUT2D eigenvalue weighted by Crippen LogP contribution is 2.30. The molecule has 2 N–H and O–H groups in total. The molecule has 1 aliphatic heterocycles. The van der Waals surface area contributed by atoms with E-state index in [9.17, 15) is 14.0 Å². The number of nitrogens with zero attached hydrogens (tertiary/aromatic N) is 2. The summed E-state index contributed by atoms with van der Waals surface area (Å²) >= 11 is 5.69. The van der Waals surface area contributed by atoms with Crippen LogP contribution in [0.2, 0.25) is 5.02 Å². The fraction of sp³-hybridized carbons (Fsp3) is 0.0667. The molecule has 112 valence electrons. The minimum absolute atomic E-state index is 0.0949. The monoisotopic (exact) mass is 321 g/mol. The van der Waals surface area contributed by atoms with Crippen molar-refractivity contribution < 1.29 is 14.0 Å². The van der Waals surface area contributed by atoms with E-state index in [-0.39, 0.29) is 22.1 Å². The number of hydrogen-bond donors (Lipinski definition) is 2. The highest BCUT2D eigenvalue weighted by molar-refractivity contribution is 6.31. The molecule has 0 saturated carbocycles. The van der Waals surface area contributed by atoms with Gasteiger partial charge < -0.3 is 0 Å². The molecule has 0 bridgehead atoms. The van der Waals surface area contributed by atoms with Crippen LogP contribution in [0.15, 0.2) is 40.3 Å². The van der Waals surface area contributed by atoms with Crippen LogP contribution in [-0.2, 0) is 6.42 Å². The Morgan fingerprint density at radius 3 is 2.73 bits per heavy atom. The van der Waals surface area contributed by atoms with Crippen LogP contribution < -0.4 is 5.48 Å². The average Bonchev–Trinajstić information content (AvgIpc) is 2.97. The Morgan fingerprint density at radius 1 is 1.23 bits per heavy atom. The molecule has 22 heavy (non-hydrogen) atoms. The Labute approximate surface area is 129 Å². The lowest BCUT2D eigenvalue weighted by atomic mass is 10.0. The van der Waals surface area contributed by atoms with E-state index in [0.29, 0.717) is 17.7 Å². The van der Waals surface area contributed by atoms with E-state index >= 15 is 0 Å². The second-order valence-electron chi connectivity index (χ2n) is 4.61. The van der Waals surface area contributed by atoms with E-state index in [0.717, 1.165) is 6.07 Å². The van der Waals surface area contributed by atoms with Gasteiger partial charge >= 0.3 is 0 Å². The van der Waals surface area contributed by atoms with Crippen LogP contribution in [0, 0.1) is 11.6 Å². The Kier molecular flexibility index (Phi) is 3.87. The zero-order valence-electron chi connectivity index (χ0n) is 11.1. The maximum atomic E-state index is 14.2. The van der Waals surface area contributed by atoms with Crippen LogP contribution in [0.5, 0.6) is 0 Å². The second-order valence-corrected chi connectivity index (χ2v) is 5.01. The molecule has 0 spiro atoms. The summed E-state index contributed by atoms with van der Waals surface area (Å²) in [6, 6.07) is 6.61. The molecular weight excluding hydrogens is 312 g/mol. The summed E-state index contributed by atoms with van der Waals surface area (Å²) < 4.78 is 27.3. The van der Waals surface area contributed by atoms with E-state index in [1.807, 2.05) is 5.48 Å². The molecule has 7 heteroatoms. The molecule has 4 nitrogen and oxygen atoms in total. The van der Waals surface area contributed by atoms with E-state index in [4.69, 9.17) is 11.6 Å². The fourth-order valence-corrected chi connectivity index (χ4v) is 2.42. The topological polar surface area (TPSA) is 57.0 Å². The molecule has 2 aromatic rings. The van der Waals surface area contributed by atoms with Gasteiger partial charge in [-0.2, -0.15) is 0 Å². The van der Waals surface area contributed by atoms with Crippen molar-refractivity contribution >= 4 is 35.0 Å². The minimum Gasteiger partial charge on any atom is -0.290 e. The van der Waals surface area contributed by atoms with Gasteiger partial charge in [-0.05, 0) is 35.9 Å². The van der Waals surface area contributed by atoms with Gasteiger partial charge in [-0.1, -0.05) is 11.6 Å². The lowest BCUT2D eigenvalue weighted by Gasteiger charge is -2.11. The fourth-order valence-electron chi connectivity index (χ4n) is 2.25. The SMILES string of the molecule is ONC(=Nc1ccc(F)c(Cl)c1)c1c(F)ccc2c1CC=N2. The van der Waals surface area contributed by atoms with E-state index in [2.05, 4.69) is 9.98 Å². The molecule has 0 fully saturated rings. The smallest absolute Gasteiger partial charge is 0.160 e. The minimum atomic E-state index is -0.584. The first-order chi connectivity index (χ1) is 10.6. The molecule has 2 aromatic carbocycles. The van der Waals surface area contributed by atoms with Gasteiger partial charge in [-0.3, -0.25) is 15.7 Å². The van der Waals surface area contributed by atoms with Gasteiger partial charge in [0, 0.05) is 12.6 Å². The van der Waals surface area contributed by atoms with Crippen LogP contribution in [0.1, 0.15) is 11.1 Å². The largest absolute Gasteiger partial charge is 0.290 e. The van der Waals surface area contributed by atoms with Crippen molar-refractivity contribution in [1.82, 2.24) is 5.48 Å². The first-order valence-electron chi connectivity index (χ1n) is 6.38. The molecule has 0 aliphatic carbocycles. The Hall–Kier alpha value is -2.31. The maximum Gasteiger partial charge on any atom is 0.160 e. The molecule has 0 saturated heterocycles. The second kappa shape index (κ2) is 5.82. The van der Waals surface area contributed by atoms with E-state index in [1.54, 1.807) is 12.3 Å². The van der Waals surface area contributed by atoms with Crippen molar-refractivity contribution in [3.63, 3.8) is 0 Å². The normalized spacial score (nSPS) is 13.4. The van der Waals surface area contributed by atoms with Crippen molar-refractivity contribution in [3.8, 4) is 0 Å². The predicted molar refractivity (Wildman–Crippen MR) is 80.8 cm³/mol. The Bertz CT molecular complexity index is 806. The van der Waals surface area contributed by atoms with Crippen LogP contribution in [0.4, 0.5) is 20.2 Å². The molecule has 0 atom stereocenters. The van der Waals surface area contributed by atoms with Crippen LogP contribution in [0.3, 0.4) is 0 Å². The van der Waals surface area contributed by atoms with Crippen molar-refractivity contribution in [2.75, 3.05) is 0 Å². The zero-order chi connectivity index (χ0) is 15.7. The Morgan fingerprint density at radius 2 is 2.00 bits per heavy atom. The van der Waals surface area contributed by atoms with Crippen molar-refractivity contribution in [1.29, 1.82) is 0 Å². The van der Waals surface area contributed by atoms with Crippen LogP contribution in [0.25, 0.3) is 0 Å². The molecule has 0 radical (unpaired) electrons. The third kappa shape index (κ3) is 2.58. The molecule has 3 rings (SSSR count). The molecule has 0 aromatic heterocycles. The van der Waals surface area contributed by atoms with Gasteiger partial charge in [0.1, 0.15) is 11.6 Å². The van der Waals surface area contributed by atoms with Crippen molar-refractivity contribution in [2.24, 2.45) is 9.98 Å². The quantitative estimate of drug-likeness (QED) is 0.500. The molecular formula is C15H10ClF2N3O. The first kappa shape index (κ1) is 14.6. The highest BCUT2D eigenvalue weighted by Gasteiger charge is 2.20. The maximum absolute atomic E-state index is 14.2. The van der Waals surface area contributed by atoms with Crippen molar-refractivity contribution in [3.05, 3.63) is 58.1 Å². The molecule has 0 unspecified atom stereocenters. The molecule has 1 heterocycles. The number of benzene rings is 2. The highest BCUT2D eigenvalue weighted by atomic mass is 35.5. The zero-order valence-corrected chi connectivity index (χ0v) is 11.9. The number of aliphatic imine (C=N–C) groups is 2.